The molecule has 2 rings (SSSR count). The first-order valence-electron chi connectivity index (χ1n) is 7.03. The highest BCUT2D eigenvalue weighted by Gasteiger charge is 2.33. The average Bonchev–Trinajstić information content (AvgIpc) is 2.78. The fraction of sp³-hybridized carbons (Fsp3) is 0.462. The molecule has 0 radical (unpaired) electrons. The maximum Gasteiger partial charge on any atom is 0.331 e. The molecule has 0 aliphatic heterocycles. The van der Waals surface area contributed by atoms with Crippen LogP contribution in [0.4, 0.5) is 0 Å². The number of aromatic amines is 1. The van der Waals surface area contributed by atoms with Gasteiger partial charge >= 0.3 is 5.69 Å². The Morgan fingerprint density at radius 2 is 1.96 bits per heavy atom. The molecule has 0 unspecified atom stereocenters. The van der Waals surface area contributed by atoms with Gasteiger partial charge in [0.15, 0.2) is 17.5 Å². The van der Waals surface area contributed by atoms with E-state index in [1.807, 2.05) is 0 Å². The predicted octanol–water partition coefficient (Wildman–Crippen LogP) is -3.19. The van der Waals surface area contributed by atoms with Crippen LogP contribution < -0.4 is 17.0 Å². The number of nitrogens with one attached hydrogen (secondary N) is 1. The minimum absolute atomic E-state index is 0.0985. The number of H-pyrrole nitrogens is 1. The standard InChI is InChI=1S/C13H19N5O6/c1-6(14)2-17-9-10(15-5-16-11(9)21)18(13(17)24)8(12(22)23)7(3-19)4-20/h5,7-8,12,19-20,22-23H,1-4,14H2,(H,15,16,21)/t8-/m1/s1. The van der Waals surface area contributed by atoms with Crippen molar-refractivity contribution in [3.8, 4) is 0 Å². The van der Waals surface area contributed by atoms with Crippen molar-refractivity contribution in [3.63, 3.8) is 0 Å². The van der Waals surface area contributed by atoms with Crippen LogP contribution in [0.25, 0.3) is 11.2 Å². The summed E-state index contributed by atoms with van der Waals surface area (Å²) in [4.78, 5) is 31.0. The molecular weight excluding hydrogens is 322 g/mol. The second kappa shape index (κ2) is 6.97. The Morgan fingerprint density at radius 1 is 1.33 bits per heavy atom. The lowest BCUT2D eigenvalue weighted by atomic mass is 10.0. The third kappa shape index (κ3) is 2.97. The van der Waals surface area contributed by atoms with Crippen LogP contribution in [0, 0.1) is 5.92 Å². The number of fused-ring (bicyclic) bond motifs is 1. The monoisotopic (exact) mass is 341 g/mol. The third-order valence-electron chi connectivity index (χ3n) is 3.66. The number of nitrogens with zero attached hydrogens (tertiary/aromatic N) is 3. The van der Waals surface area contributed by atoms with Crippen LogP contribution in [-0.4, -0.2) is 59.0 Å². The molecule has 0 aromatic carbocycles. The Labute approximate surface area is 134 Å². The number of aliphatic hydroxyl groups excluding tert-OH is 3. The zero-order chi connectivity index (χ0) is 18.0. The Balaban J connectivity index is 2.85. The van der Waals surface area contributed by atoms with Gasteiger partial charge in [0, 0.05) is 11.6 Å². The number of nitrogens with two attached hydrogens (primary N) is 1. The predicted molar refractivity (Wildman–Crippen MR) is 82.9 cm³/mol. The van der Waals surface area contributed by atoms with Crippen molar-refractivity contribution in [2.45, 2.75) is 18.9 Å². The van der Waals surface area contributed by atoms with Gasteiger partial charge in [0.1, 0.15) is 0 Å². The third-order valence-corrected chi connectivity index (χ3v) is 3.66. The molecule has 11 nitrogen and oxygen atoms in total. The van der Waals surface area contributed by atoms with Crippen LogP contribution in [0.1, 0.15) is 6.04 Å². The summed E-state index contributed by atoms with van der Waals surface area (Å²) in [5.41, 5.74) is 3.92. The van der Waals surface area contributed by atoms with Crippen molar-refractivity contribution in [2.75, 3.05) is 13.2 Å². The van der Waals surface area contributed by atoms with Crippen LogP contribution in [0.5, 0.6) is 0 Å². The summed E-state index contributed by atoms with van der Waals surface area (Å²) in [7, 11) is 0. The molecule has 2 aromatic heterocycles. The van der Waals surface area contributed by atoms with Gasteiger partial charge in [-0.1, -0.05) is 6.58 Å². The molecule has 0 saturated heterocycles. The summed E-state index contributed by atoms with van der Waals surface area (Å²) in [6, 6.07) is -1.42. The zero-order valence-electron chi connectivity index (χ0n) is 12.7. The molecule has 0 amide bonds. The van der Waals surface area contributed by atoms with E-state index in [4.69, 9.17) is 5.73 Å². The van der Waals surface area contributed by atoms with E-state index in [-0.39, 0.29) is 23.4 Å². The summed E-state index contributed by atoms with van der Waals surface area (Å²) < 4.78 is 1.85. The van der Waals surface area contributed by atoms with E-state index in [1.165, 1.54) is 0 Å². The van der Waals surface area contributed by atoms with Crippen LogP contribution in [0.15, 0.2) is 28.2 Å². The number of aliphatic hydroxyl groups is 4. The van der Waals surface area contributed by atoms with Crippen molar-refractivity contribution >= 4 is 11.2 Å². The second-order valence-corrected chi connectivity index (χ2v) is 5.33. The SMILES string of the molecule is C=C(N)Cn1c(=O)n([C@@H](C(O)O)C(CO)CO)c2nc[nH]c(=O)c21. The van der Waals surface area contributed by atoms with Gasteiger partial charge in [-0.05, 0) is 0 Å². The van der Waals surface area contributed by atoms with Crippen molar-refractivity contribution in [1.29, 1.82) is 0 Å². The molecule has 2 heterocycles. The van der Waals surface area contributed by atoms with E-state index in [9.17, 15) is 30.0 Å². The van der Waals surface area contributed by atoms with E-state index in [0.29, 0.717) is 0 Å². The first kappa shape index (κ1) is 17.9. The molecular formula is C13H19N5O6. The van der Waals surface area contributed by atoms with Crippen molar-refractivity contribution in [3.05, 3.63) is 39.4 Å². The van der Waals surface area contributed by atoms with Gasteiger partial charge in [-0.3, -0.25) is 13.9 Å². The molecule has 11 heteroatoms. The van der Waals surface area contributed by atoms with Crippen LogP contribution in [-0.2, 0) is 6.54 Å². The number of aromatic nitrogens is 4. The molecule has 2 aromatic rings. The highest BCUT2D eigenvalue weighted by Crippen LogP contribution is 2.23. The Morgan fingerprint density at radius 3 is 2.46 bits per heavy atom. The zero-order valence-corrected chi connectivity index (χ0v) is 12.7. The number of rotatable bonds is 7. The molecule has 24 heavy (non-hydrogen) atoms. The molecule has 0 aliphatic rings. The molecule has 0 spiro atoms. The molecule has 132 valence electrons. The summed E-state index contributed by atoms with van der Waals surface area (Å²) in [5, 5.41) is 38.0. The lowest BCUT2D eigenvalue weighted by molar-refractivity contribution is -0.105. The summed E-state index contributed by atoms with van der Waals surface area (Å²) in [5.74, 6) is -1.07. The van der Waals surface area contributed by atoms with E-state index >= 15 is 0 Å². The lowest BCUT2D eigenvalue weighted by Crippen LogP contribution is -2.40. The fourth-order valence-corrected chi connectivity index (χ4v) is 2.60. The van der Waals surface area contributed by atoms with E-state index in [1.54, 1.807) is 0 Å². The maximum absolute atomic E-state index is 12.7. The molecule has 7 N–H and O–H groups in total. The van der Waals surface area contributed by atoms with E-state index in [0.717, 1.165) is 15.5 Å². The van der Waals surface area contributed by atoms with Gasteiger partial charge in [0.25, 0.3) is 5.56 Å². The number of imidazole rings is 1. The van der Waals surface area contributed by atoms with Gasteiger partial charge in [-0.15, -0.1) is 0 Å². The van der Waals surface area contributed by atoms with Crippen LogP contribution in [0.2, 0.25) is 0 Å². The Kier molecular flexibility index (Phi) is 5.19. The molecule has 1 atom stereocenters. The number of hydrogen-bond acceptors (Lipinski definition) is 8. The minimum atomic E-state index is -2.09. The van der Waals surface area contributed by atoms with Gasteiger partial charge in [-0.25, -0.2) is 9.78 Å². The lowest BCUT2D eigenvalue weighted by Gasteiger charge is -2.26. The smallest absolute Gasteiger partial charge is 0.331 e. The molecule has 0 aliphatic carbocycles. The first-order valence-corrected chi connectivity index (χ1v) is 7.03. The highest BCUT2D eigenvalue weighted by molar-refractivity contribution is 5.70. The number of hydrogen-bond donors (Lipinski definition) is 6. The topological polar surface area (TPSA) is 180 Å². The van der Waals surface area contributed by atoms with Gasteiger partial charge in [-0.2, -0.15) is 0 Å². The van der Waals surface area contributed by atoms with E-state index < -0.39 is 42.7 Å². The first-order chi connectivity index (χ1) is 11.3. The van der Waals surface area contributed by atoms with Gasteiger partial charge in [0.05, 0.1) is 32.1 Å². The van der Waals surface area contributed by atoms with Gasteiger partial charge < -0.3 is 31.1 Å². The Bertz CT molecular complexity index is 847. The summed E-state index contributed by atoms with van der Waals surface area (Å²) in [6.45, 7) is 2.06. The summed E-state index contributed by atoms with van der Waals surface area (Å²) in [6.07, 6.45) is -1.04. The molecule has 0 bridgehead atoms. The summed E-state index contributed by atoms with van der Waals surface area (Å²) >= 11 is 0. The quantitative estimate of drug-likeness (QED) is 0.285. The number of allylic oxidation sites excluding steroid dienone is 1. The van der Waals surface area contributed by atoms with Crippen molar-refractivity contribution < 1.29 is 20.4 Å². The van der Waals surface area contributed by atoms with Crippen LogP contribution >= 0.6 is 0 Å². The highest BCUT2D eigenvalue weighted by atomic mass is 16.5. The van der Waals surface area contributed by atoms with Gasteiger partial charge in [0.2, 0.25) is 0 Å². The van der Waals surface area contributed by atoms with Crippen molar-refractivity contribution in [1.82, 2.24) is 19.1 Å². The van der Waals surface area contributed by atoms with E-state index in [2.05, 4.69) is 16.5 Å². The fourth-order valence-electron chi connectivity index (χ4n) is 2.60. The average molecular weight is 341 g/mol. The normalized spacial score (nSPS) is 13.1. The maximum atomic E-state index is 12.7. The van der Waals surface area contributed by atoms with Crippen molar-refractivity contribution in [2.24, 2.45) is 11.7 Å². The minimum Gasteiger partial charge on any atom is -0.401 e. The van der Waals surface area contributed by atoms with Crippen LogP contribution in [0.3, 0.4) is 0 Å². The Hall–Kier alpha value is -2.47. The second-order valence-electron chi connectivity index (χ2n) is 5.33. The molecule has 0 saturated carbocycles. The largest absolute Gasteiger partial charge is 0.401 e. The molecule has 0 fully saturated rings.